The predicted molar refractivity (Wildman–Crippen MR) is 64.6 cm³/mol. The smallest absolute Gasteiger partial charge is 0.126 e. The van der Waals surface area contributed by atoms with Gasteiger partial charge in [0.2, 0.25) is 0 Å². The normalized spacial score (nSPS) is 27.4. The van der Waals surface area contributed by atoms with E-state index in [1.54, 1.807) is 0 Å². The van der Waals surface area contributed by atoms with Crippen LogP contribution in [-0.2, 0) is 6.42 Å². The summed E-state index contributed by atoms with van der Waals surface area (Å²) in [7, 11) is 0. The lowest BCUT2D eigenvalue weighted by atomic mass is 9.85. The van der Waals surface area contributed by atoms with Gasteiger partial charge in [-0.25, -0.2) is 8.78 Å². The fraction of sp³-hybridized carbons (Fsp3) is 0.571. The molecule has 1 saturated carbocycles. The fourth-order valence-electron chi connectivity index (χ4n) is 2.99. The molecule has 0 radical (unpaired) electrons. The van der Waals surface area contributed by atoms with Gasteiger partial charge in [0.05, 0.1) is 0 Å². The highest BCUT2D eigenvalue weighted by Gasteiger charge is 2.40. The van der Waals surface area contributed by atoms with E-state index in [1.165, 1.54) is 12.1 Å². The standard InChI is InChI=1S/C14H19F2N/c1-13(2)3-4-14(17,9-13)8-10-5-11(15)7-12(16)6-10/h5-7H,3-4,8-9,17H2,1-2H3. The molecule has 1 atom stereocenters. The average Bonchev–Trinajstić information content (AvgIpc) is 2.37. The number of halogens is 2. The first kappa shape index (κ1) is 12.5. The topological polar surface area (TPSA) is 26.0 Å². The summed E-state index contributed by atoms with van der Waals surface area (Å²) in [6, 6.07) is 3.65. The molecule has 0 aliphatic heterocycles. The summed E-state index contributed by atoms with van der Waals surface area (Å²) in [5.74, 6) is -1.05. The number of hydrogen-bond donors (Lipinski definition) is 1. The van der Waals surface area contributed by atoms with E-state index in [9.17, 15) is 8.78 Å². The molecule has 1 aliphatic carbocycles. The van der Waals surface area contributed by atoms with Gasteiger partial charge >= 0.3 is 0 Å². The summed E-state index contributed by atoms with van der Waals surface area (Å²) < 4.78 is 26.2. The van der Waals surface area contributed by atoms with Crippen LogP contribution in [0.3, 0.4) is 0 Å². The third kappa shape index (κ3) is 3.03. The van der Waals surface area contributed by atoms with Crippen LogP contribution in [0.1, 0.15) is 38.7 Å². The minimum Gasteiger partial charge on any atom is -0.325 e. The van der Waals surface area contributed by atoms with Gasteiger partial charge in [-0.2, -0.15) is 0 Å². The van der Waals surface area contributed by atoms with E-state index in [4.69, 9.17) is 5.73 Å². The minimum atomic E-state index is -0.527. The predicted octanol–water partition coefficient (Wildman–Crippen LogP) is 3.41. The van der Waals surface area contributed by atoms with Crippen molar-refractivity contribution in [1.82, 2.24) is 0 Å². The highest BCUT2D eigenvalue weighted by molar-refractivity contribution is 5.21. The highest BCUT2D eigenvalue weighted by atomic mass is 19.1. The van der Waals surface area contributed by atoms with Gasteiger partial charge < -0.3 is 5.73 Å². The number of rotatable bonds is 2. The van der Waals surface area contributed by atoms with Crippen LogP contribution in [0.5, 0.6) is 0 Å². The van der Waals surface area contributed by atoms with Crippen molar-refractivity contribution in [1.29, 1.82) is 0 Å². The maximum absolute atomic E-state index is 13.1. The molecule has 1 fully saturated rings. The molecule has 0 aromatic heterocycles. The van der Waals surface area contributed by atoms with E-state index in [2.05, 4.69) is 13.8 Å². The van der Waals surface area contributed by atoms with Gasteiger partial charge in [-0.15, -0.1) is 0 Å². The number of hydrogen-bond acceptors (Lipinski definition) is 1. The Bertz CT molecular complexity index is 408. The maximum Gasteiger partial charge on any atom is 0.126 e. The molecule has 1 unspecified atom stereocenters. The van der Waals surface area contributed by atoms with Crippen LogP contribution in [-0.4, -0.2) is 5.54 Å². The van der Waals surface area contributed by atoms with Crippen molar-refractivity contribution in [2.24, 2.45) is 11.1 Å². The Balaban J connectivity index is 2.16. The van der Waals surface area contributed by atoms with E-state index < -0.39 is 11.6 Å². The summed E-state index contributed by atoms with van der Waals surface area (Å²) in [4.78, 5) is 0. The Morgan fingerprint density at radius 2 is 1.71 bits per heavy atom. The van der Waals surface area contributed by atoms with Gasteiger partial charge in [-0.05, 0) is 48.8 Å². The lowest BCUT2D eigenvalue weighted by Crippen LogP contribution is -2.40. The van der Waals surface area contributed by atoms with Gasteiger partial charge in [-0.3, -0.25) is 0 Å². The van der Waals surface area contributed by atoms with Crippen molar-refractivity contribution in [2.75, 3.05) is 0 Å². The highest BCUT2D eigenvalue weighted by Crippen LogP contribution is 2.43. The second-order valence-corrected chi connectivity index (χ2v) is 6.16. The Kier molecular flexibility index (Phi) is 2.98. The monoisotopic (exact) mass is 239 g/mol. The molecule has 1 nitrogen and oxygen atoms in total. The molecular formula is C14H19F2N. The Labute approximate surface area is 101 Å². The molecule has 94 valence electrons. The lowest BCUT2D eigenvalue weighted by Gasteiger charge is -2.26. The van der Waals surface area contributed by atoms with Crippen LogP contribution >= 0.6 is 0 Å². The SMILES string of the molecule is CC1(C)CCC(N)(Cc2cc(F)cc(F)c2)C1. The summed E-state index contributed by atoms with van der Waals surface area (Å²) >= 11 is 0. The van der Waals surface area contributed by atoms with Gasteiger partial charge in [0.25, 0.3) is 0 Å². The van der Waals surface area contributed by atoms with E-state index in [-0.39, 0.29) is 11.0 Å². The van der Waals surface area contributed by atoms with Crippen molar-refractivity contribution in [3.05, 3.63) is 35.4 Å². The van der Waals surface area contributed by atoms with Crippen molar-refractivity contribution < 1.29 is 8.78 Å². The van der Waals surface area contributed by atoms with Crippen LogP contribution in [0.2, 0.25) is 0 Å². The molecule has 0 saturated heterocycles. The maximum atomic E-state index is 13.1. The van der Waals surface area contributed by atoms with Crippen LogP contribution in [0.4, 0.5) is 8.78 Å². The van der Waals surface area contributed by atoms with Crippen LogP contribution in [0, 0.1) is 17.0 Å². The van der Waals surface area contributed by atoms with Gasteiger partial charge in [0, 0.05) is 11.6 Å². The lowest BCUT2D eigenvalue weighted by molar-refractivity contribution is 0.334. The molecule has 1 aromatic carbocycles. The third-order valence-corrected chi connectivity index (χ3v) is 3.61. The zero-order valence-corrected chi connectivity index (χ0v) is 10.4. The van der Waals surface area contributed by atoms with Crippen molar-refractivity contribution in [3.8, 4) is 0 Å². The zero-order chi connectivity index (χ0) is 12.7. The first-order chi connectivity index (χ1) is 7.78. The van der Waals surface area contributed by atoms with Crippen LogP contribution in [0.25, 0.3) is 0 Å². The fourth-order valence-corrected chi connectivity index (χ4v) is 2.99. The number of benzene rings is 1. The summed E-state index contributed by atoms with van der Waals surface area (Å²) in [6.45, 7) is 4.38. The van der Waals surface area contributed by atoms with Gasteiger partial charge in [-0.1, -0.05) is 13.8 Å². The average molecular weight is 239 g/mol. The molecular weight excluding hydrogens is 220 g/mol. The van der Waals surface area contributed by atoms with Crippen LogP contribution < -0.4 is 5.73 Å². The molecule has 2 N–H and O–H groups in total. The van der Waals surface area contributed by atoms with Crippen LogP contribution in [0.15, 0.2) is 18.2 Å². The Morgan fingerprint density at radius 1 is 1.12 bits per heavy atom. The van der Waals surface area contributed by atoms with Crippen molar-refractivity contribution >= 4 is 0 Å². The number of nitrogens with two attached hydrogens (primary N) is 1. The van der Waals surface area contributed by atoms with Crippen molar-refractivity contribution in [2.45, 2.75) is 45.1 Å². The summed E-state index contributed by atoms with van der Waals surface area (Å²) in [6.07, 6.45) is 3.43. The van der Waals surface area contributed by atoms with E-state index in [0.29, 0.717) is 12.0 Å². The minimum absolute atomic E-state index is 0.237. The van der Waals surface area contributed by atoms with E-state index in [0.717, 1.165) is 25.3 Å². The second-order valence-electron chi connectivity index (χ2n) is 6.16. The Morgan fingerprint density at radius 3 is 2.18 bits per heavy atom. The van der Waals surface area contributed by atoms with Crippen molar-refractivity contribution in [3.63, 3.8) is 0 Å². The molecule has 3 heteroatoms. The second kappa shape index (κ2) is 4.05. The quantitative estimate of drug-likeness (QED) is 0.840. The molecule has 0 heterocycles. The molecule has 1 aliphatic rings. The first-order valence-electron chi connectivity index (χ1n) is 6.02. The van der Waals surface area contributed by atoms with E-state index in [1.807, 2.05) is 0 Å². The first-order valence-corrected chi connectivity index (χ1v) is 6.02. The zero-order valence-electron chi connectivity index (χ0n) is 10.4. The molecule has 17 heavy (non-hydrogen) atoms. The molecule has 0 amide bonds. The molecule has 1 aromatic rings. The molecule has 2 rings (SSSR count). The summed E-state index contributed by atoms with van der Waals surface area (Å²) in [5, 5.41) is 0. The molecule has 0 spiro atoms. The van der Waals surface area contributed by atoms with E-state index >= 15 is 0 Å². The van der Waals surface area contributed by atoms with Gasteiger partial charge in [0.1, 0.15) is 11.6 Å². The Hall–Kier alpha value is -0.960. The summed E-state index contributed by atoms with van der Waals surface area (Å²) in [5.41, 5.74) is 6.90. The molecule has 0 bridgehead atoms. The largest absolute Gasteiger partial charge is 0.325 e. The van der Waals surface area contributed by atoms with Gasteiger partial charge in [0.15, 0.2) is 0 Å². The third-order valence-electron chi connectivity index (χ3n) is 3.61.